The van der Waals surface area contributed by atoms with E-state index in [-0.39, 0.29) is 17.5 Å². The quantitative estimate of drug-likeness (QED) is 0.705. The molecule has 6 nitrogen and oxygen atoms in total. The lowest BCUT2D eigenvalue weighted by Crippen LogP contribution is -2.29. The van der Waals surface area contributed by atoms with Gasteiger partial charge in [-0.2, -0.15) is 0 Å². The van der Waals surface area contributed by atoms with Crippen molar-refractivity contribution in [1.82, 2.24) is 15.6 Å². The standard InChI is InChI=1S/C18H20ClN3O3/c1-25-10-9-22-17(23)14-6-8-20-16(12-14)18(24)21-7-5-13-3-2-4-15(19)11-13/h2-4,6,8,11-12H,5,7,9-10H2,1H3,(H,21,24)(H,22,23). The number of nitrogens with one attached hydrogen (secondary N) is 2. The molecular weight excluding hydrogens is 342 g/mol. The molecule has 0 saturated carbocycles. The normalized spacial score (nSPS) is 10.3. The highest BCUT2D eigenvalue weighted by Crippen LogP contribution is 2.10. The van der Waals surface area contributed by atoms with Crippen molar-refractivity contribution < 1.29 is 14.3 Å². The first kappa shape index (κ1) is 18.9. The molecule has 0 aliphatic heterocycles. The molecule has 0 fully saturated rings. The number of nitrogens with zero attached hydrogens (tertiary/aromatic N) is 1. The molecule has 132 valence electrons. The van der Waals surface area contributed by atoms with Crippen LogP contribution in [0.25, 0.3) is 0 Å². The molecular formula is C18H20ClN3O3. The summed E-state index contributed by atoms with van der Waals surface area (Å²) in [5.74, 6) is -0.596. The van der Waals surface area contributed by atoms with E-state index in [2.05, 4.69) is 15.6 Å². The van der Waals surface area contributed by atoms with Crippen LogP contribution in [0.3, 0.4) is 0 Å². The third-order valence-electron chi connectivity index (χ3n) is 3.43. The Labute approximate surface area is 151 Å². The van der Waals surface area contributed by atoms with Crippen LogP contribution >= 0.6 is 11.6 Å². The number of carbonyl (C=O) groups is 2. The van der Waals surface area contributed by atoms with Gasteiger partial charge in [0.15, 0.2) is 0 Å². The van der Waals surface area contributed by atoms with Gasteiger partial charge in [-0.1, -0.05) is 23.7 Å². The monoisotopic (exact) mass is 361 g/mol. The van der Waals surface area contributed by atoms with Gasteiger partial charge >= 0.3 is 0 Å². The summed E-state index contributed by atoms with van der Waals surface area (Å²) in [7, 11) is 1.56. The van der Waals surface area contributed by atoms with Crippen LogP contribution in [0.15, 0.2) is 42.6 Å². The van der Waals surface area contributed by atoms with Crippen molar-refractivity contribution >= 4 is 23.4 Å². The van der Waals surface area contributed by atoms with Gasteiger partial charge in [-0.3, -0.25) is 14.6 Å². The van der Waals surface area contributed by atoms with Crippen LogP contribution in [0.5, 0.6) is 0 Å². The molecule has 0 atom stereocenters. The van der Waals surface area contributed by atoms with E-state index in [0.29, 0.717) is 36.7 Å². The molecule has 0 saturated heterocycles. The third kappa shape index (κ3) is 6.17. The summed E-state index contributed by atoms with van der Waals surface area (Å²) in [5, 5.41) is 6.15. The average molecular weight is 362 g/mol. The second-order valence-corrected chi connectivity index (χ2v) is 5.75. The maximum absolute atomic E-state index is 12.2. The van der Waals surface area contributed by atoms with Crippen LogP contribution in [0.1, 0.15) is 26.4 Å². The predicted octanol–water partition coefficient (Wildman–Crippen LogP) is 2.08. The zero-order valence-electron chi connectivity index (χ0n) is 13.9. The minimum Gasteiger partial charge on any atom is -0.383 e. The number of halogens is 1. The zero-order chi connectivity index (χ0) is 18.1. The van der Waals surface area contributed by atoms with Gasteiger partial charge in [-0.15, -0.1) is 0 Å². The first-order valence-electron chi connectivity index (χ1n) is 7.86. The molecule has 1 aromatic carbocycles. The molecule has 1 heterocycles. The molecule has 0 radical (unpaired) electrons. The first-order chi connectivity index (χ1) is 12.1. The van der Waals surface area contributed by atoms with Gasteiger partial charge in [0, 0.05) is 37.0 Å². The number of methoxy groups -OCH3 is 1. The Kier molecular flexibility index (Phi) is 7.37. The van der Waals surface area contributed by atoms with Gasteiger partial charge in [0.25, 0.3) is 11.8 Å². The van der Waals surface area contributed by atoms with Gasteiger partial charge in [0.2, 0.25) is 0 Å². The molecule has 2 N–H and O–H groups in total. The second kappa shape index (κ2) is 9.76. The molecule has 0 unspecified atom stereocenters. The van der Waals surface area contributed by atoms with Crippen LogP contribution in [0.4, 0.5) is 0 Å². The molecule has 0 aliphatic rings. The fraction of sp³-hybridized carbons (Fsp3) is 0.278. The van der Waals surface area contributed by atoms with E-state index in [1.54, 1.807) is 19.2 Å². The average Bonchev–Trinajstić information content (AvgIpc) is 2.62. The van der Waals surface area contributed by atoms with Crippen LogP contribution in [-0.2, 0) is 11.2 Å². The van der Waals surface area contributed by atoms with E-state index >= 15 is 0 Å². The number of rotatable bonds is 8. The smallest absolute Gasteiger partial charge is 0.269 e. The molecule has 0 bridgehead atoms. The minimum atomic E-state index is -0.325. The summed E-state index contributed by atoms with van der Waals surface area (Å²) in [6.45, 7) is 1.28. The SMILES string of the molecule is COCCNC(=O)c1ccnc(C(=O)NCCc2cccc(Cl)c2)c1. The van der Waals surface area contributed by atoms with Gasteiger partial charge in [0.1, 0.15) is 5.69 Å². The number of pyridine rings is 1. The number of aromatic nitrogens is 1. The topological polar surface area (TPSA) is 80.3 Å². The van der Waals surface area contributed by atoms with Crippen molar-refractivity contribution in [2.45, 2.75) is 6.42 Å². The van der Waals surface area contributed by atoms with Crippen LogP contribution in [0, 0.1) is 0 Å². The number of carbonyl (C=O) groups excluding carboxylic acids is 2. The van der Waals surface area contributed by atoms with E-state index in [0.717, 1.165) is 5.56 Å². The van der Waals surface area contributed by atoms with Crippen molar-refractivity contribution in [2.24, 2.45) is 0 Å². The molecule has 0 spiro atoms. The largest absolute Gasteiger partial charge is 0.383 e. The van der Waals surface area contributed by atoms with Crippen molar-refractivity contribution in [1.29, 1.82) is 0 Å². The van der Waals surface area contributed by atoms with Crippen LogP contribution in [0.2, 0.25) is 5.02 Å². The minimum absolute atomic E-state index is 0.200. The Balaban J connectivity index is 1.88. The molecule has 2 amide bonds. The van der Waals surface area contributed by atoms with Gasteiger partial charge < -0.3 is 15.4 Å². The van der Waals surface area contributed by atoms with E-state index in [9.17, 15) is 9.59 Å². The third-order valence-corrected chi connectivity index (χ3v) is 3.67. The number of amides is 2. The van der Waals surface area contributed by atoms with E-state index in [1.165, 1.54) is 12.3 Å². The molecule has 1 aromatic heterocycles. The maximum Gasteiger partial charge on any atom is 0.269 e. The van der Waals surface area contributed by atoms with Crippen molar-refractivity contribution in [3.8, 4) is 0 Å². The predicted molar refractivity (Wildman–Crippen MR) is 95.9 cm³/mol. The molecule has 0 aliphatic carbocycles. The summed E-state index contributed by atoms with van der Waals surface area (Å²) < 4.78 is 4.88. The first-order valence-corrected chi connectivity index (χ1v) is 8.24. The number of hydrogen-bond acceptors (Lipinski definition) is 4. The van der Waals surface area contributed by atoms with E-state index in [4.69, 9.17) is 16.3 Å². The molecule has 25 heavy (non-hydrogen) atoms. The Bertz CT molecular complexity index is 737. The highest BCUT2D eigenvalue weighted by atomic mass is 35.5. The fourth-order valence-electron chi connectivity index (χ4n) is 2.17. The lowest BCUT2D eigenvalue weighted by molar-refractivity contribution is 0.0937. The Morgan fingerprint density at radius 2 is 1.92 bits per heavy atom. The zero-order valence-corrected chi connectivity index (χ0v) is 14.7. The van der Waals surface area contributed by atoms with Crippen molar-refractivity contribution in [2.75, 3.05) is 26.8 Å². The Morgan fingerprint density at radius 1 is 1.12 bits per heavy atom. The highest BCUT2D eigenvalue weighted by molar-refractivity contribution is 6.30. The fourth-order valence-corrected chi connectivity index (χ4v) is 2.38. The van der Waals surface area contributed by atoms with Gasteiger partial charge in [0.05, 0.1) is 6.61 Å². The number of benzene rings is 1. The summed E-state index contributed by atoms with van der Waals surface area (Å²) in [6.07, 6.45) is 2.10. The van der Waals surface area contributed by atoms with E-state index < -0.39 is 0 Å². The summed E-state index contributed by atoms with van der Waals surface area (Å²) in [6, 6.07) is 10.5. The van der Waals surface area contributed by atoms with E-state index in [1.807, 2.05) is 18.2 Å². The van der Waals surface area contributed by atoms with Gasteiger partial charge in [-0.25, -0.2) is 0 Å². The molecule has 2 aromatic rings. The van der Waals surface area contributed by atoms with Crippen molar-refractivity contribution in [3.63, 3.8) is 0 Å². The number of ether oxygens (including phenoxy) is 1. The van der Waals surface area contributed by atoms with Crippen LogP contribution in [-0.4, -0.2) is 43.6 Å². The summed E-state index contributed by atoms with van der Waals surface area (Å²) in [5.41, 5.74) is 1.61. The summed E-state index contributed by atoms with van der Waals surface area (Å²) in [4.78, 5) is 28.2. The lowest BCUT2D eigenvalue weighted by atomic mass is 10.1. The highest BCUT2D eigenvalue weighted by Gasteiger charge is 2.11. The maximum atomic E-state index is 12.2. The Hall–Kier alpha value is -2.44. The second-order valence-electron chi connectivity index (χ2n) is 5.31. The lowest BCUT2D eigenvalue weighted by Gasteiger charge is -2.07. The molecule has 2 rings (SSSR count). The van der Waals surface area contributed by atoms with Crippen molar-refractivity contribution in [3.05, 3.63) is 64.4 Å². The number of hydrogen-bond donors (Lipinski definition) is 2. The molecule has 7 heteroatoms. The summed E-state index contributed by atoms with van der Waals surface area (Å²) >= 11 is 5.93. The Morgan fingerprint density at radius 3 is 2.68 bits per heavy atom. The van der Waals surface area contributed by atoms with Gasteiger partial charge in [-0.05, 0) is 36.2 Å². The van der Waals surface area contributed by atoms with Crippen LogP contribution < -0.4 is 10.6 Å².